The number of nitrogens with two attached hydrogens (primary N) is 1. The quantitative estimate of drug-likeness (QED) is 0.636. The summed E-state index contributed by atoms with van der Waals surface area (Å²) >= 11 is 0. The maximum atomic E-state index is 10.6. The van der Waals surface area contributed by atoms with E-state index < -0.39 is 6.10 Å². The minimum Gasteiger partial charge on any atom is -0.385 e. The van der Waals surface area contributed by atoms with Crippen molar-refractivity contribution in [3.05, 3.63) is 0 Å². The van der Waals surface area contributed by atoms with E-state index in [2.05, 4.69) is 6.92 Å². The summed E-state index contributed by atoms with van der Waals surface area (Å²) in [7, 11) is 0. The standard InChI is InChI=1S/C10H19NO2/c1-8-4-2-3-5-10(8,7-11)9(13)6-12/h6,8-9,13H,2-5,7,11H2,1H3. The van der Waals surface area contributed by atoms with Crippen molar-refractivity contribution in [1.29, 1.82) is 0 Å². The predicted octanol–water partition coefficient (Wildman–Crippen LogP) is 0.701. The van der Waals surface area contributed by atoms with Gasteiger partial charge in [-0.05, 0) is 12.3 Å². The van der Waals surface area contributed by atoms with Gasteiger partial charge in [0.1, 0.15) is 12.4 Å². The van der Waals surface area contributed by atoms with Crippen LogP contribution in [0, 0.1) is 11.3 Å². The molecule has 0 saturated heterocycles. The smallest absolute Gasteiger partial charge is 0.149 e. The van der Waals surface area contributed by atoms with E-state index in [0.717, 1.165) is 19.3 Å². The molecule has 3 heteroatoms. The molecule has 1 rings (SSSR count). The van der Waals surface area contributed by atoms with Crippen molar-refractivity contribution < 1.29 is 9.90 Å². The Morgan fingerprint density at radius 1 is 1.69 bits per heavy atom. The van der Waals surface area contributed by atoms with Crippen LogP contribution in [0.25, 0.3) is 0 Å². The first kappa shape index (κ1) is 10.7. The number of aldehydes is 1. The Labute approximate surface area is 79.3 Å². The zero-order valence-electron chi connectivity index (χ0n) is 8.20. The van der Waals surface area contributed by atoms with E-state index in [1.54, 1.807) is 0 Å². The molecule has 0 spiro atoms. The van der Waals surface area contributed by atoms with E-state index in [1.165, 1.54) is 6.42 Å². The number of hydrogen-bond donors (Lipinski definition) is 2. The van der Waals surface area contributed by atoms with Gasteiger partial charge < -0.3 is 15.6 Å². The number of aliphatic hydroxyl groups is 1. The molecule has 0 amide bonds. The average molecular weight is 185 g/mol. The summed E-state index contributed by atoms with van der Waals surface area (Å²) in [6.45, 7) is 2.49. The van der Waals surface area contributed by atoms with Crippen LogP contribution in [0.2, 0.25) is 0 Å². The van der Waals surface area contributed by atoms with Crippen LogP contribution in [0.1, 0.15) is 32.6 Å². The zero-order valence-corrected chi connectivity index (χ0v) is 8.20. The van der Waals surface area contributed by atoms with Gasteiger partial charge in [-0.1, -0.05) is 26.2 Å². The second-order valence-electron chi connectivity index (χ2n) is 4.17. The minimum atomic E-state index is -0.882. The molecule has 0 aromatic heterocycles. The van der Waals surface area contributed by atoms with Gasteiger partial charge in [0.15, 0.2) is 0 Å². The second kappa shape index (κ2) is 4.20. The van der Waals surface area contributed by atoms with E-state index in [9.17, 15) is 9.90 Å². The van der Waals surface area contributed by atoms with Crippen molar-refractivity contribution >= 4 is 6.29 Å². The lowest BCUT2D eigenvalue weighted by molar-refractivity contribution is -0.126. The third kappa shape index (κ3) is 1.76. The summed E-state index contributed by atoms with van der Waals surface area (Å²) in [5.74, 6) is 0.353. The minimum absolute atomic E-state index is 0.347. The molecule has 3 atom stereocenters. The second-order valence-corrected chi connectivity index (χ2v) is 4.17. The molecule has 0 aliphatic heterocycles. The molecule has 0 aromatic carbocycles. The third-order valence-electron chi connectivity index (χ3n) is 3.61. The number of hydrogen-bond acceptors (Lipinski definition) is 3. The molecule has 13 heavy (non-hydrogen) atoms. The molecule has 0 bridgehead atoms. The Balaban J connectivity index is 2.81. The predicted molar refractivity (Wildman–Crippen MR) is 51.2 cm³/mol. The van der Waals surface area contributed by atoms with Gasteiger partial charge in [-0.3, -0.25) is 0 Å². The van der Waals surface area contributed by atoms with Crippen molar-refractivity contribution in [3.8, 4) is 0 Å². The van der Waals surface area contributed by atoms with Crippen LogP contribution in [0.15, 0.2) is 0 Å². The van der Waals surface area contributed by atoms with Crippen LogP contribution >= 0.6 is 0 Å². The Hall–Kier alpha value is -0.410. The first-order valence-electron chi connectivity index (χ1n) is 5.01. The van der Waals surface area contributed by atoms with Gasteiger partial charge in [-0.2, -0.15) is 0 Å². The molecule has 1 fully saturated rings. The van der Waals surface area contributed by atoms with E-state index in [4.69, 9.17) is 5.73 Å². The SMILES string of the molecule is CC1CCCCC1(CN)C(O)C=O. The van der Waals surface area contributed by atoms with E-state index in [1.807, 2.05) is 0 Å². The van der Waals surface area contributed by atoms with Crippen LogP contribution in [-0.2, 0) is 4.79 Å². The molecule has 3 nitrogen and oxygen atoms in total. The molecular formula is C10H19NO2. The molecule has 76 valence electrons. The number of carbonyl (C=O) groups is 1. The Morgan fingerprint density at radius 3 is 2.85 bits per heavy atom. The summed E-state index contributed by atoms with van der Waals surface area (Å²) in [4.78, 5) is 10.6. The van der Waals surface area contributed by atoms with Gasteiger partial charge in [0.25, 0.3) is 0 Å². The lowest BCUT2D eigenvalue weighted by Gasteiger charge is -2.43. The van der Waals surface area contributed by atoms with Crippen molar-refractivity contribution in [1.82, 2.24) is 0 Å². The Bertz CT molecular complexity index is 184. The fourth-order valence-corrected chi connectivity index (χ4v) is 2.44. The summed E-state index contributed by atoms with van der Waals surface area (Å²) in [5, 5.41) is 9.66. The van der Waals surface area contributed by atoms with Crippen molar-refractivity contribution in [3.63, 3.8) is 0 Å². The largest absolute Gasteiger partial charge is 0.385 e. The van der Waals surface area contributed by atoms with E-state index in [0.29, 0.717) is 18.7 Å². The number of aliphatic hydroxyl groups excluding tert-OH is 1. The lowest BCUT2D eigenvalue weighted by atomic mass is 9.64. The summed E-state index contributed by atoms with van der Waals surface area (Å²) in [5.41, 5.74) is 5.34. The highest BCUT2D eigenvalue weighted by Crippen LogP contribution is 2.42. The van der Waals surface area contributed by atoms with Crippen molar-refractivity contribution in [2.75, 3.05) is 6.54 Å². The van der Waals surface area contributed by atoms with Gasteiger partial charge in [0, 0.05) is 12.0 Å². The van der Waals surface area contributed by atoms with E-state index >= 15 is 0 Å². The molecule has 1 aliphatic carbocycles. The third-order valence-corrected chi connectivity index (χ3v) is 3.61. The molecule has 1 aliphatic rings. The average Bonchev–Trinajstić information content (AvgIpc) is 2.18. The molecular weight excluding hydrogens is 166 g/mol. The van der Waals surface area contributed by atoms with Gasteiger partial charge in [-0.25, -0.2) is 0 Å². The number of rotatable bonds is 3. The number of carbonyl (C=O) groups excluding carboxylic acids is 1. The molecule has 3 N–H and O–H groups in total. The topological polar surface area (TPSA) is 63.3 Å². The highest BCUT2D eigenvalue weighted by molar-refractivity contribution is 5.57. The molecule has 1 saturated carbocycles. The summed E-state index contributed by atoms with van der Waals surface area (Å²) in [6.07, 6.45) is 3.97. The molecule has 3 unspecified atom stereocenters. The summed E-state index contributed by atoms with van der Waals surface area (Å²) in [6, 6.07) is 0. The highest BCUT2D eigenvalue weighted by Gasteiger charge is 2.42. The van der Waals surface area contributed by atoms with Gasteiger partial charge in [0.2, 0.25) is 0 Å². The normalized spacial score (nSPS) is 37.0. The summed E-state index contributed by atoms with van der Waals surface area (Å²) < 4.78 is 0. The Morgan fingerprint density at radius 2 is 2.38 bits per heavy atom. The van der Waals surface area contributed by atoms with Gasteiger partial charge in [-0.15, -0.1) is 0 Å². The van der Waals surface area contributed by atoms with Crippen LogP contribution in [0.5, 0.6) is 0 Å². The Kier molecular flexibility index (Phi) is 3.45. The first-order valence-corrected chi connectivity index (χ1v) is 5.01. The monoisotopic (exact) mass is 185 g/mol. The maximum absolute atomic E-state index is 10.6. The maximum Gasteiger partial charge on any atom is 0.149 e. The van der Waals surface area contributed by atoms with Gasteiger partial charge in [0.05, 0.1) is 0 Å². The highest BCUT2D eigenvalue weighted by atomic mass is 16.3. The van der Waals surface area contributed by atoms with Gasteiger partial charge >= 0.3 is 0 Å². The van der Waals surface area contributed by atoms with E-state index in [-0.39, 0.29) is 5.41 Å². The van der Waals surface area contributed by atoms with Crippen molar-refractivity contribution in [2.24, 2.45) is 17.1 Å². The molecule has 0 aromatic rings. The molecule has 0 radical (unpaired) electrons. The fourth-order valence-electron chi connectivity index (χ4n) is 2.44. The first-order chi connectivity index (χ1) is 6.17. The molecule has 0 heterocycles. The van der Waals surface area contributed by atoms with Crippen LogP contribution in [0.3, 0.4) is 0 Å². The van der Waals surface area contributed by atoms with Crippen LogP contribution in [-0.4, -0.2) is 24.0 Å². The lowest BCUT2D eigenvalue weighted by Crippen LogP contribution is -2.49. The van der Waals surface area contributed by atoms with Crippen LogP contribution in [0.4, 0.5) is 0 Å². The van der Waals surface area contributed by atoms with Crippen LogP contribution < -0.4 is 5.73 Å². The fraction of sp³-hybridized carbons (Fsp3) is 0.900. The zero-order chi connectivity index (χ0) is 9.90. The van der Waals surface area contributed by atoms with Crippen molar-refractivity contribution in [2.45, 2.75) is 38.7 Å².